The van der Waals surface area contributed by atoms with Gasteiger partial charge in [-0.15, -0.1) is 0 Å². The van der Waals surface area contributed by atoms with Crippen molar-refractivity contribution in [3.63, 3.8) is 0 Å². The summed E-state index contributed by atoms with van der Waals surface area (Å²) in [5, 5.41) is 0. The first kappa shape index (κ1) is 22.7. The van der Waals surface area contributed by atoms with Crippen molar-refractivity contribution in [3.8, 4) is 0 Å². The Balaban J connectivity index is 2.16. The summed E-state index contributed by atoms with van der Waals surface area (Å²) in [5.74, 6) is -0.102. The van der Waals surface area contributed by atoms with Gasteiger partial charge in [-0.1, -0.05) is 19.3 Å². The molecule has 0 aliphatic carbocycles. The van der Waals surface area contributed by atoms with Crippen molar-refractivity contribution >= 4 is 12.1 Å². The number of carbonyl (C=O) groups excluding carboxylic acids is 2. The summed E-state index contributed by atoms with van der Waals surface area (Å²) in [7, 11) is 0. The molecule has 6 heteroatoms. The highest BCUT2D eigenvalue weighted by Gasteiger charge is 2.30. The summed E-state index contributed by atoms with van der Waals surface area (Å²) in [6, 6.07) is 0. The Morgan fingerprint density at radius 1 is 1.04 bits per heavy atom. The van der Waals surface area contributed by atoms with Crippen LogP contribution in [0.5, 0.6) is 0 Å². The van der Waals surface area contributed by atoms with Crippen molar-refractivity contribution in [1.82, 2.24) is 4.90 Å². The first-order chi connectivity index (χ1) is 12.3. The number of hydrogen-bond donors (Lipinski definition) is 0. The number of hydrogen-bond acceptors (Lipinski definition) is 5. The molecule has 0 bridgehead atoms. The van der Waals surface area contributed by atoms with Crippen LogP contribution in [0.25, 0.3) is 0 Å². The normalized spacial score (nSPS) is 17.8. The van der Waals surface area contributed by atoms with Gasteiger partial charge < -0.3 is 14.2 Å². The topological polar surface area (TPSA) is 65.1 Å². The first-order valence-electron chi connectivity index (χ1n) is 10.1. The monoisotopic (exact) mass is 371 g/mol. The summed E-state index contributed by atoms with van der Waals surface area (Å²) in [6.45, 7) is 9.28. The molecule has 0 radical (unpaired) electrons. The minimum atomic E-state index is -0.483. The molecule has 0 aromatic rings. The van der Waals surface area contributed by atoms with Crippen molar-refractivity contribution in [3.05, 3.63) is 0 Å². The van der Waals surface area contributed by atoms with Gasteiger partial charge in [0.2, 0.25) is 0 Å². The van der Waals surface area contributed by atoms with E-state index in [4.69, 9.17) is 14.2 Å². The van der Waals surface area contributed by atoms with E-state index in [1.165, 1.54) is 0 Å². The van der Waals surface area contributed by atoms with E-state index in [1.54, 1.807) is 4.90 Å². The molecule has 6 nitrogen and oxygen atoms in total. The minimum absolute atomic E-state index is 0.102. The van der Waals surface area contributed by atoms with Gasteiger partial charge in [0.1, 0.15) is 11.8 Å². The number of unbranched alkanes of at least 4 members (excludes halogenated alkanes) is 4. The smallest absolute Gasteiger partial charge is 0.412 e. The van der Waals surface area contributed by atoms with Crippen LogP contribution in [0.1, 0.15) is 85.5 Å². The van der Waals surface area contributed by atoms with Crippen LogP contribution in [0.15, 0.2) is 0 Å². The van der Waals surface area contributed by atoms with E-state index in [1.807, 2.05) is 27.7 Å². The Hall–Kier alpha value is -1.30. The Kier molecular flexibility index (Phi) is 10.6. The lowest BCUT2D eigenvalue weighted by atomic mass is 10.1. The molecule has 1 saturated heterocycles. The van der Waals surface area contributed by atoms with Crippen molar-refractivity contribution in [2.75, 3.05) is 19.8 Å². The molecule has 1 aliphatic heterocycles. The van der Waals surface area contributed by atoms with Gasteiger partial charge in [0.05, 0.1) is 6.61 Å². The van der Waals surface area contributed by atoms with Crippen LogP contribution in [-0.4, -0.2) is 48.5 Å². The fraction of sp³-hybridized carbons (Fsp3) is 0.900. The number of rotatable bonds is 10. The summed E-state index contributed by atoms with van der Waals surface area (Å²) >= 11 is 0. The maximum Gasteiger partial charge on any atom is 0.412 e. The van der Waals surface area contributed by atoms with Gasteiger partial charge in [0.15, 0.2) is 0 Å². The summed E-state index contributed by atoms with van der Waals surface area (Å²) in [4.78, 5) is 25.3. The Bertz CT molecular complexity index is 419. The van der Waals surface area contributed by atoms with E-state index in [0.29, 0.717) is 26.2 Å². The Morgan fingerprint density at radius 3 is 2.42 bits per heavy atom. The van der Waals surface area contributed by atoms with E-state index in [9.17, 15) is 9.59 Å². The second kappa shape index (κ2) is 12.2. The van der Waals surface area contributed by atoms with Crippen LogP contribution in [0.4, 0.5) is 4.79 Å². The second-order valence-corrected chi connectivity index (χ2v) is 7.82. The zero-order chi connectivity index (χ0) is 19.4. The average molecular weight is 372 g/mol. The SMILES string of the molecule is CCOC(=O)CCCCCCCOC1CCCCN1C(=O)OC(C)(C)C. The Morgan fingerprint density at radius 2 is 1.73 bits per heavy atom. The van der Waals surface area contributed by atoms with Gasteiger partial charge in [0, 0.05) is 19.6 Å². The van der Waals surface area contributed by atoms with Gasteiger partial charge in [0.25, 0.3) is 0 Å². The predicted octanol–water partition coefficient (Wildman–Crippen LogP) is 4.65. The molecule has 0 spiro atoms. The molecule has 1 heterocycles. The maximum atomic E-state index is 12.3. The number of likely N-dealkylation sites (tertiary alicyclic amines) is 1. The molecular weight excluding hydrogens is 334 g/mol. The summed E-state index contributed by atoms with van der Waals surface area (Å²) < 4.78 is 16.4. The molecule has 0 aromatic carbocycles. The number of piperidine rings is 1. The molecule has 1 fully saturated rings. The highest BCUT2D eigenvalue weighted by molar-refractivity contribution is 5.69. The lowest BCUT2D eigenvalue weighted by Gasteiger charge is -2.36. The highest BCUT2D eigenvalue weighted by Crippen LogP contribution is 2.21. The third kappa shape index (κ3) is 10.00. The molecule has 1 aliphatic rings. The molecule has 152 valence electrons. The van der Waals surface area contributed by atoms with Crippen LogP contribution in [-0.2, 0) is 19.0 Å². The first-order valence-corrected chi connectivity index (χ1v) is 10.1. The fourth-order valence-corrected chi connectivity index (χ4v) is 2.96. The van der Waals surface area contributed by atoms with Gasteiger partial charge in [-0.25, -0.2) is 4.79 Å². The van der Waals surface area contributed by atoms with Crippen molar-refractivity contribution in [1.29, 1.82) is 0 Å². The standard InChI is InChI=1S/C20H37NO5/c1-5-24-18(22)14-9-7-6-8-12-16-25-17-13-10-11-15-21(17)19(23)26-20(2,3)4/h17H,5-16H2,1-4H3. The fourth-order valence-electron chi connectivity index (χ4n) is 2.96. The van der Waals surface area contributed by atoms with Crippen molar-refractivity contribution in [2.24, 2.45) is 0 Å². The minimum Gasteiger partial charge on any atom is -0.466 e. The maximum absolute atomic E-state index is 12.3. The zero-order valence-electron chi connectivity index (χ0n) is 17.1. The summed E-state index contributed by atoms with van der Waals surface area (Å²) in [5.41, 5.74) is -0.483. The average Bonchev–Trinajstić information content (AvgIpc) is 2.56. The zero-order valence-corrected chi connectivity index (χ0v) is 17.1. The molecule has 1 unspecified atom stereocenters. The summed E-state index contributed by atoms with van der Waals surface area (Å²) in [6.07, 6.45) is 8.07. The third-order valence-corrected chi connectivity index (χ3v) is 4.22. The molecule has 0 saturated carbocycles. The van der Waals surface area contributed by atoms with Crippen LogP contribution >= 0.6 is 0 Å². The lowest BCUT2D eigenvalue weighted by Crippen LogP contribution is -2.47. The Labute approximate surface area is 158 Å². The van der Waals surface area contributed by atoms with Crippen molar-refractivity contribution in [2.45, 2.75) is 97.3 Å². The number of amides is 1. The molecule has 0 N–H and O–H groups in total. The van der Waals surface area contributed by atoms with Crippen molar-refractivity contribution < 1.29 is 23.8 Å². The quantitative estimate of drug-likeness (QED) is 0.413. The van der Waals surface area contributed by atoms with E-state index >= 15 is 0 Å². The van der Waals surface area contributed by atoms with E-state index in [0.717, 1.165) is 51.4 Å². The molecule has 1 rings (SSSR count). The molecule has 26 heavy (non-hydrogen) atoms. The third-order valence-electron chi connectivity index (χ3n) is 4.22. The number of carbonyl (C=O) groups is 2. The molecular formula is C20H37NO5. The second-order valence-electron chi connectivity index (χ2n) is 7.82. The van der Waals surface area contributed by atoms with Crippen LogP contribution in [0.2, 0.25) is 0 Å². The van der Waals surface area contributed by atoms with Crippen LogP contribution in [0.3, 0.4) is 0 Å². The van der Waals surface area contributed by atoms with E-state index < -0.39 is 5.60 Å². The van der Waals surface area contributed by atoms with Gasteiger partial charge in [-0.3, -0.25) is 9.69 Å². The van der Waals surface area contributed by atoms with Crippen LogP contribution in [0, 0.1) is 0 Å². The van der Waals surface area contributed by atoms with E-state index in [2.05, 4.69) is 0 Å². The molecule has 1 atom stereocenters. The molecule has 1 amide bonds. The van der Waals surface area contributed by atoms with Gasteiger partial charge in [-0.05, 0) is 59.8 Å². The highest BCUT2D eigenvalue weighted by atomic mass is 16.6. The number of nitrogens with zero attached hydrogens (tertiary/aromatic N) is 1. The van der Waals surface area contributed by atoms with Gasteiger partial charge >= 0.3 is 12.1 Å². The number of ether oxygens (including phenoxy) is 3. The predicted molar refractivity (Wildman–Crippen MR) is 101 cm³/mol. The number of esters is 1. The largest absolute Gasteiger partial charge is 0.466 e. The lowest BCUT2D eigenvalue weighted by molar-refractivity contribution is -0.143. The van der Waals surface area contributed by atoms with E-state index in [-0.39, 0.29) is 18.3 Å². The van der Waals surface area contributed by atoms with Gasteiger partial charge in [-0.2, -0.15) is 0 Å². The van der Waals surface area contributed by atoms with Crippen LogP contribution < -0.4 is 0 Å². The molecule has 0 aromatic heterocycles.